The molecule has 0 aromatic heterocycles. The van der Waals surface area contributed by atoms with Gasteiger partial charge < -0.3 is 20.1 Å². The lowest BCUT2D eigenvalue weighted by molar-refractivity contribution is -0.159. The van der Waals surface area contributed by atoms with Crippen molar-refractivity contribution in [2.24, 2.45) is 35.5 Å². The van der Waals surface area contributed by atoms with Gasteiger partial charge in [-0.3, -0.25) is 9.59 Å². The average molecular weight is 490 g/mol. The predicted octanol–water partition coefficient (Wildman–Crippen LogP) is 4.99. The summed E-state index contributed by atoms with van der Waals surface area (Å²) in [5, 5.41) is 31.1. The number of hydrogen-bond donors (Lipinski definition) is 3. The first-order valence-electron chi connectivity index (χ1n) is 13.1. The van der Waals surface area contributed by atoms with Gasteiger partial charge in [-0.25, -0.2) is 4.85 Å². The normalized spacial score (nSPS) is 40.9. The molecule has 1 aliphatic heterocycles. The standard InChI is InChI=1S/C28H43NO6/c1-17-13-18(2)15-20(4)27(32)23(29-5)11-6-7-12-25(21-9-8-10-22(21)28(33)34)35-26(31)16-24(30)19(3)14-17/h6-7,11,17-22,24-25,27,30,32H,8-10,12-16H2,1-4H3,(H,33,34)/b7-6+,23-11+/t17-,18+,19-,20-,21+,22+,24-,25-,27+/m0/s1. The fourth-order valence-electron chi connectivity index (χ4n) is 5.95. The first-order valence-corrected chi connectivity index (χ1v) is 13.1. The highest BCUT2D eigenvalue weighted by Gasteiger charge is 2.39. The second-order valence-corrected chi connectivity index (χ2v) is 11.0. The van der Waals surface area contributed by atoms with Crippen molar-refractivity contribution in [3.63, 3.8) is 0 Å². The first-order chi connectivity index (χ1) is 16.5. The third kappa shape index (κ3) is 8.77. The van der Waals surface area contributed by atoms with E-state index in [1.165, 1.54) is 0 Å². The van der Waals surface area contributed by atoms with E-state index in [4.69, 9.17) is 11.3 Å². The molecule has 0 saturated heterocycles. The minimum absolute atomic E-state index is 0.0728. The first kappa shape index (κ1) is 29.1. The van der Waals surface area contributed by atoms with Gasteiger partial charge in [0.05, 0.1) is 31.1 Å². The smallest absolute Gasteiger partial charge is 0.308 e. The Balaban J connectivity index is 2.30. The van der Waals surface area contributed by atoms with Crippen LogP contribution in [-0.2, 0) is 14.3 Å². The largest absolute Gasteiger partial charge is 0.481 e. The number of cyclic esters (lactones) is 1. The van der Waals surface area contributed by atoms with Crippen LogP contribution in [0.4, 0.5) is 0 Å². The molecule has 3 N–H and O–H groups in total. The number of ether oxygens (including phenoxy) is 1. The highest BCUT2D eigenvalue weighted by atomic mass is 16.5. The molecule has 7 heteroatoms. The molecule has 1 heterocycles. The molecule has 0 spiro atoms. The van der Waals surface area contributed by atoms with Crippen LogP contribution in [0.5, 0.6) is 0 Å². The molecule has 2 aliphatic rings. The molecule has 0 radical (unpaired) electrons. The summed E-state index contributed by atoms with van der Waals surface area (Å²) in [5.41, 5.74) is 0.268. The maximum atomic E-state index is 12.7. The molecule has 2 rings (SSSR count). The summed E-state index contributed by atoms with van der Waals surface area (Å²) in [6.45, 7) is 15.7. The molecule has 0 aromatic rings. The minimum atomic E-state index is -0.879. The molecular formula is C28H43NO6. The van der Waals surface area contributed by atoms with E-state index in [-0.39, 0.29) is 29.9 Å². The van der Waals surface area contributed by atoms with Crippen LogP contribution in [0.25, 0.3) is 4.85 Å². The topological polar surface area (TPSA) is 108 Å². The number of aliphatic hydroxyl groups is 2. The van der Waals surface area contributed by atoms with Crippen LogP contribution in [0.2, 0.25) is 0 Å². The van der Waals surface area contributed by atoms with Crippen molar-refractivity contribution in [1.29, 1.82) is 0 Å². The summed E-state index contributed by atoms with van der Waals surface area (Å²) in [4.78, 5) is 28.0. The Kier molecular flexibility index (Phi) is 11.5. The number of carboxylic acid groups (broad SMARTS) is 1. The van der Waals surface area contributed by atoms with Crippen LogP contribution in [0, 0.1) is 42.1 Å². The highest BCUT2D eigenvalue weighted by Crippen LogP contribution is 2.37. The number of rotatable bonds is 2. The van der Waals surface area contributed by atoms with E-state index in [1.54, 1.807) is 18.2 Å². The lowest BCUT2D eigenvalue weighted by Gasteiger charge is -2.28. The number of esters is 1. The molecule has 35 heavy (non-hydrogen) atoms. The van der Waals surface area contributed by atoms with Gasteiger partial charge in [-0.2, -0.15) is 0 Å². The van der Waals surface area contributed by atoms with E-state index in [9.17, 15) is 24.9 Å². The summed E-state index contributed by atoms with van der Waals surface area (Å²) < 4.78 is 5.77. The molecule has 7 nitrogen and oxygen atoms in total. The number of hydrogen-bond acceptors (Lipinski definition) is 5. The van der Waals surface area contributed by atoms with E-state index in [0.717, 1.165) is 25.7 Å². The van der Waals surface area contributed by atoms with Crippen molar-refractivity contribution in [2.75, 3.05) is 0 Å². The minimum Gasteiger partial charge on any atom is -0.481 e. The molecular weight excluding hydrogens is 446 g/mol. The number of aliphatic carboxylic acids is 1. The van der Waals surface area contributed by atoms with Crippen molar-refractivity contribution in [3.8, 4) is 0 Å². The number of nitrogens with zero attached hydrogens (tertiary/aromatic N) is 1. The van der Waals surface area contributed by atoms with Crippen LogP contribution in [0.3, 0.4) is 0 Å². The Bertz CT molecular complexity index is 815. The molecule has 0 bridgehead atoms. The van der Waals surface area contributed by atoms with Gasteiger partial charge in [-0.15, -0.1) is 0 Å². The zero-order valence-electron chi connectivity index (χ0n) is 21.6. The van der Waals surface area contributed by atoms with Crippen molar-refractivity contribution >= 4 is 11.9 Å². The maximum absolute atomic E-state index is 12.7. The second-order valence-electron chi connectivity index (χ2n) is 11.0. The average Bonchev–Trinajstić information content (AvgIpc) is 3.27. The molecule has 1 fully saturated rings. The van der Waals surface area contributed by atoms with Crippen molar-refractivity contribution in [2.45, 2.75) is 97.4 Å². The summed E-state index contributed by atoms with van der Waals surface area (Å²) >= 11 is 0. The van der Waals surface area contributed by atoms with E-state index in [1.807, 2.05) is 13.8 Å². The number of aliphatic hydroxyl groups excluding tert-OH is 2. The van der Waals surface area contributed by atoms with Gasteiger partial charge in [-0.05, 0) is 55.8 Å². The van der Waals surface area contributed by atoms with Gasteiger partial charge in [0.2, 0.25) is 0 Å². The zero-order valence-corrected chi connectivity index (χ0v) is 21.6. The molecule has 0 aromatic carbocycles. The van der Waals surface area contributed by atoms with E-state index >= 15 is 0 Å². The highest BCUT2D eigenvalue weighted by molar-refractivity contribution is 5.72. The van der Waals surface area contributed by atoms with E-state index in [2.05, 4.69) is 18.7 Å². The quantitative estimate of drug-likeness (QED) is 0.373. The summed E-state index contributed by atoms with van der Waals surface area (Å²) in [5.74, 6) is -1.73. The molecule has 1 aliphatic carbocycles. The van der Waals surface area contributed by atoms with Gasteiger partial charge in [0.1, 0.15) is 6.10 Å². The third-order valence-corrected chi connectivity index (χ3v) is 7.78. The van der Waals surface area contributed by atoms with Gasteiger partial charge in [-0.1, -0.05) is 52.3 Å². The monoisotopic (exact) mass is 489 g/mol. The van der Waals surface area contributed by atoms with Gasteiger partial charge in [0.25, 0.3) is 0 Å². The van der Waals surface area contributed by atoms with E-state index in [0.29, 0.717) is 31.1 Å². The maximum Gasteiger partial charge on any atom is 0.308 e. The lowest BCUT2D eigenvalue weighted by atomic mass is 9.82. The van der Waals surface area contributed by atoms with Crippen LogP contribution in [0.1, 0.15) is 79.1 Å². The summed E-state index contributed by atoms with van der Waals surface area (Å²) in [7, 11) is 0. The zero-order chi connectivity index (χ0) is 26.1. The molecule has 9 atom stereocenters. The molecule has 0 amide bonds. The van der Waals surface area contributed by atoms with Crippen LogP contribution < -0.4 is 0 Å². The Hall–Kier alpha value is -2.17. The van der Waals surface area contributed by atoms with Crippen molar-refractivity contribution in [1.82, 2.24) is 0 Å². The SMILES string of the molecule is [C-]#[N+]/C1=C/C=C/C[C@@H]([C@@H]2CCC[C@H]2C(=O)O)OC(=O)C[C@H](O)[C@@H](C)C[C@@H](C)C[C@@H](C)C[C@H](C)[C@H]1O. The number of allylic oxidation sites excluding steroid dienone is 2. The van der Waals surface area contributed by atoms with Gasteiger partial charge in [0, 0.05) is 12.3 Å². The second kappa shape index (κ2) is 13.8. The molecule has 0 unspecified atom stereocenters. The van der Waals surface area contributed by atoms with Crippen LogP contribution in [0.15, 0.2) is 23.9 Å². The Morgan fingerprint density at radius 3 is 2.34 bits per heavy atom. The van der Waals surface area contributed by atoms with Crippen LogP contribution >= 0.6 is 0 Å². The fraction of sp³-hybridized carbons (Fsp3) is 0.750. The van der Waals surface area contributed by atoms with Crippen molar-refractivity contribution in [3.05, 3.63) is 35.3 Å². The molecule has 196 valence electrons. The van der Waals surface area contributed by atoms with Crippen LogP contribution in [-0.4, -0.2) is 45.6 Å². The predicted molar refractivity (Wildman–Crippen MR) is 134 cm³/mol. The summed E-state index contributed by atoms with van der Waals surface area (Å²) in [6.07, 6.45) is 7.40. The van der Waals surface area contributed by atoms with Gasteiger partial charge >= 0.3 is 11.9 Å². The Morgan fingerprint density at radius 1 is 1.06 bits per heavy atom. The summed E-state index contributed by atoms with van der Waals surface area (Å²) in [6, 6.07) is 0. The fourth-order valence-corrected chi connectivity index (χ4v) is 5.95. The number of carbonyl (C=O) groups excluding carboxylic acids is 1. The lowest BCUT2D eigenvalue weighted by Crippen LogP contribution is -2.34. The number of carbonyl (C=O) groups is 2. The Labute approximate surface area is 210 Å². The van der Waals surface area contributed by atoms with E-state index < -0.39 is 36.2 Å². The Morgan fingerprint density at radius 2 is 1.71 bits per heavy atom. The van der Waals surface area contributed by atoms with Gasteiger partial charge in [0.15, 0.2) is 5.70 Å². The third-order valence-electron chi connectivity index (χ3n) is 7.78. The molecule has 1 saturated carbocycles. The number of carboxylic acids is 1. The van der Waals surface area contributed by atoms with Crippen molar-refractivity contribution < 1.29 is 29.6 Å².